The number of anilines is 1. The number of carboxylic acid groups (broad SMARTS) is 1. The standard InChI is InChI=1S/C15H20FNO3/c1-9(15(2,3)4)8-12(18)17-11-7-5-6-10(16)13(11)14(19)20/h5-7,9H,8H2,1-4H3,(H,17,18)(H,19,20). The number of rotatable bonds is 4. The molecule has 2 N–H and O–H groups in total. The van der Waals surface area contributed by atoms with Crippen LogP contribution in [0.2, 0.25) is 0 Å². The first kappa shape index (κ1) is 16.1. The monoisotopic (exact) mass is 281 g/mol. The van der Waals surface area contributed by atoms with Gasteiger partial charge in [-0.2, -0.15) is 0 Å². The third-order valence-electron chi connectivity index (χ3n) is 3.47. The number of carbonyl (C=O) groups excluding carboxylic acids is 1. The number of nitrogens with one attached hydrogen (secondary N) is 1. The van der Waals surface area contributed by atoms with Gasteiger partial charge in [-0.05, 0) is 23.5 Å². The highest BCUT2D eigenvalue weighted by Crippen LogP contribution is 2.28. The summed E-state index contributed by atoms with van der Waals surface area (Å²) in [5, 5.41) is 11.5. The molecule has 5 heteroatoms. The maximum atomic E-state index is 13.5. The van der Waals surface area contributed by atoms with Gasteiger partial charge >= 0.3 is 5.97 Å². The van der Waals surface area contributed by atoms with Crippen LogP contribution in [0.4, 0.5) is 10.1 Å². The fourth-order valence-corrected chi connectivity index (χ4v) is 1.63. The molecule has 1 aromatic rings. The molecule has 0 saturated heterocycles. The zero-order valence-corrected chi connectivity index (χ0v) is 12.2. The van der Waals surface area contributed by atoms with Gasteiger partial charge < -0.3 is 10.4 Å². The highest BCUT2D eigenvalue weighted by atomic mass is 19.1. The van der Waals surface area contributed by atoms with Crippen LogP contribution in [0.5, 0.6) is 0 Å². The van der Waals surface area contributed by atoms with Gasteiger partial charge in [-0.15, -0.1) is 0 Å². The van der Waals surface area contributed by atoms with Crippen LogP contribution in [0.1, 0.15) is 44.5 Å². The summed E-state index contributed by atoms with van der Waals surface area (Å²) in [5.74, 6) is -2.47. The first-order chi connectivity index (χ1) is 9.12. The second kappa shape index (κ2) is 6.03. The first-order valence-corrected chi connectivity index (χ1v) is 6.44. The second-order valence-electron chi connectivity index (χ2n) is 5.99. The Morgan fingerprint density at radius 2 is 1.95 bits per heavy atom. The predicted molar refractivity (Wildman–Crippen MR) is 75.2 cm³/mol. The molecule has 110 valence electrons. The maximum Gasteiger partial charge on any atom is 0.340 e. The van der Waals surface area contributed by atoms with E-state index in [1.165, 1.54) is 12.1 Å². The van der Waals surface area contributed by atoms with Crippen molar-refractivity contribution >= 4 is 17.6 Å². The van der Waals surface area contributed by atoms with Gasteiger partial charge in [-0.1, -0.05) is 33.8 Å². The number of halogens is 1. The fraction of sp³-hybridized carbons (Fsp3) is 0.467. The molecule has 4 nitrogen and oxygen atoms in total. The summed E-state index contributed by atoms with van der Waals surface area (Å²) >= 11 is 0. The molecule has 0 aliphatic heterocycles. The molecule has 1 aromatic carbocycles. The van der Waals surface area contributed by atoms with Crippen LogP contribution < -0.4 is 5.32 Å². The molecule has 0 bridgehead atoms. The minimum Gasteiger partial charge on any atom is -0.478 e. The topological polar surface area (TPSA) is 66.4 Å². The van der Waals surface area contributed by atoms with Crippen molar-refractivity contribution < 1.29 is 19.1 Å². The fourth-order valence-electron chi connectivity index (χ4n) is 1.63. The minimum atomic E-state index is -1.40. The Labute approximate surface area is 118 Å². The molecule has 0 saturated carbocycles. The summed E-state index contributed by atoms with van der Waals surface area (Å²) in [6.45, 7) is 8.02. The first-order valence-electron chi connectivity index (χ1n) is 6.44. The van der Waals surface area contributed by atoms with Gasteiger partial charge in [0.1, 0.15) is 11.4 Å². The normalized spacial score (nSPS) is 12.8. The molecule has 0 spiro atoms. The van der Waals surface area contributed by atoms with Crippen molar-refractivity contribution in [1.82, 2.24) is 0 Å². The van der Waals surface area contributed by atoms with E-state index in [9.17, 15) is 14.0 Å². The van der Waals surface area contributed by atoms with Crippen molar-refractivity contribution in [2.24, 2.45) is 11.3 Å². The third-order valence-corrected chi connectivity index (χ3v) is 3.47. The summed E-state index contributed by atoms with van der Waals surface area (Å²) in [7, 11) is 0. The Morgan fingerprint density at radius 3 is 2.45 bits per heavy atom. The SMILES string of the molecule is CC(CC(=O)Nc1cccc(F)c1C(=O)O)C(C)(C)C. The summed E-state index contributed by atoms with van der Waals surface area (Å²) in [4.78, 5) is 22.9. The lowest BCUT2D eigenvalue weighted by molar-refractivity contribution is -0.117. The van der Waals surface area contributed by atoms with Gasteiger partial charge in [0.05, 0.1) is 5.69 Å². The van der Waals surface area contributed by atoms with E-state index in [0.29, 0.717) is 0 Å². The number of amides is 1. The molecular weight excluding hydrogens is 261 g/mol. The van der Waals surface area contributed by atoms with Crippen LogP contribution in [0.25, 0.3) is 0 Å². The van der Waals surface area contributed by atoms with Crippen molar-refractivity contribution in [1.29, 1.82) is 0 Å². The molecule has 0 aliphatic carbocycles. The summed E-state index contributed by atoms with van der Waals surface area (Å²) in [5.41, 5.74) is -0.553. The molecule has 0 fully saturated rings. The second-order valence-corrected chi connectivity index (χ2v) is 5.99. The van der Waals surface area contributed by atoms with Crippen LogP contribution in [0.15, 0.2) is 18.2 Å². The van der Waals surface area contributed by atoms with Crippen molar-refractivity contribution in [2.75, 3.05) is 5.32 Å². The Kier molecular flexibility index (Phi) is 4.87. The lowest BCUT2D eigenvalue weighted by Gasteiger charge is -2.26. The molecule has 0 radical (unpaired) electrons. The van der Waals surface area contributed by atoms with E-state index in [-0.39, 0.29) is 29.3 Å². The molecule has 0 aromatic heterocycles. The van der Waals surface area contributed by atoms with Gasteiger partial charge in [-0.3, -0.25) is 4.79 Å². The van der Waals surface area contributed by atoms with Gasteiger partial charge in [0, 0.05) is 6.42 Å². The van der Waals surface area contributed by atoms with Crippen molar-refractivity contribution in [3.63, 3.8) is 0 Å². The molecule has 1 amide bonds. The van der Waals surface area contributed by atoms with E-state index in [1.54, 1.807) is 0 Å². The van der Waals surface area contributed by atoms with E-state index in [1.807, 2.05) is 27.7 Å². The van der Waals surface area contributed by atoms with Gasteiger partial charge in [0.25, 0.3) is 0 Å². The molecule has 1 unspecified atom stereocenters. The predicted octanol–water partition coefficient (Wildman–Crippen LogP) is 3.53. The summed E-state index contributed by atoms with van der Waals surface area (Å²) in [6, 6.07) is 3.80. The lowest BCUT2D eigenvalue weighted by Crippen LogP contribution is -2.24. The molecule has 1 rings (SSSR count). The highest BCUT2D eigenvalue weighted by molar-refractivity contribution is 6.00. The number of aromatic carboxylic acids is 1. The average Bonchev–Trinajstić information content (AvgIpc) is 2.26. The summed E-state index contributed by atoms with van der Waals surface area (Å²) < 4.78 is 13.5. The number of carboxylic acids is 1. The third kappa shape index (κ3) is 4.05. The van der Waals surface area contributed by atoms with Gasteiger partial charge in [0.15, 0.2) is 0 Å². The van der Waals surface area contributed by atoms with E-state index < -0.39 is 17.3 Å². The number of hydrogen-bond donors (Lipinski definition) is 2. The smallest absolute Gasteiger partial charge is 0.340 e. The zero-order chi connectivity index (χ0) is 15.5. The van der Waals surface area contributed by atoms with E-state index >= 15 is 0 Å². The van der Waals surface area contributed by atoms with Gasteiger partial charge in [0.2, 0.25) is 5.91 Å². The zero-order valence-electron chi connectivity index (χ0n) is 12.2. The Morgan fingerprint density at radius 1 is 1.35 bits per heavy atom. The molecule has 1 atom stereocenters. The van der Waals surface area contributed by atoms with Crippen molar-refractivity contribution in [3.05, 3.63) is 29.6 Å². The maximum absolute atomic E-state index is 13.5. The quantitative estimate of drug-likeness (QED) is 0.887. The molecule has 0 aliphatic rings. The average molecular weight is 281 g/mol. The summed E-state index contributed by atoms with van der Waals surface area (Å²) in [6.07, 6.45) is 0.249. The highest BCUT2D eigenvalue weighted by Gasteiger charge is 2.24. The Balaban J connectivity index is 2.87. The molecule has 0 heterocycles. The van der Waals surface area contributed by atoms with Crippen molar-refractivity contribution in [2.45, 2.75) is 34.1 Å². The lowest BCUT2D eigenvalue weighted by atomic mass is 9.80. The Bertz CT molecular complexity index is 520. The van der Waals surface area contributed by atoms with Crippen LogP contribution in [-0.2, 0) is 4.79 Å². The van der Waals surface area contributed by atoms with Crippen LogP contribution in [0.3, 0.4) is 0 Å². The number of benzene rings is 1. The van der Waals surface area contributed by atoms with E-state index in [2.05, 4.69) is 5.32 Å². The number of carbonyl (C=O) groups is 2. The van der Waals surface area contributed by atoms with E-state index in [0.717, 1.165) is 6.07 Å². The molecular formula is C15H20FNO3. The minimum absolute atomic E-state index is 0.0105. The number of hydrogen-bond acceptors (Lipinski definition) is 2. The largest absolute Gasteiger partial charge is 0.478 e. The van der Waals surface area contributed by atoms with E-state index in [4.69, 9.17) is 5.11 Å². The van der Waals surface area contributed by atoms with Crippen LogP contribution in [-0.4, -0.2) is 17.0 Å². The van der Waals surface area contributed by atoms with Crippen LogP contribution in [0, 0.1) is 17.2 Å². The Hall–Kier alpha value is -1.91. The van der Waals surface area contributed by atoms with Crippen LogP contribution >= 0.6 is 0 Å². The molecule has 20 heavy (non-hydrogen) atoms. The van der Waals surface area contributed by atoms with Gasteiger partial charge in [-0.25, -0.2) is 9.18 Å². The van der Waals surface area contributed by atoms with Crippen molar-refractivity contribution in [3.8, 4) is 0 Å².